The maximum absolute atomic E-state index is 5.12. The summed E-state index contributed by atoms with van der Waals surface area (Å²) in [6.45, 7) is 4.10. The zero-order chi connectivity index (χ0) is 14.1. The van der Waals surface area contributed by atoms with Crippen molar-refractivity contribution in [3.05, 3.63) is 59.7 Å². The number of tetrazole rings is 1. The topological polar surface area (TPSA) is 34.6 Å². The molecule has 1 heterocycles. The van der Waals surface area contributed by atoms with E-state index in [4.69, 9.17) is 12.6 Å². The van der Waals surface area contributed by atoms with Crippen molar-refractivity contribution in [2.45, 2.75) is 19.0 Å². The van der Waals surface area contributed by atoms with Gasteiger partial charge in [0.05, 0.1) is 0 Å². The first-order valence-electron chi connectivity index (χ1n) is 6.34. The number of aromatic nitrogens is 4. The van der Waals surface area contributed by atoms with Crippen molar-refractivity contribution in [3.8, 4) is 11.4 Å². The second-order valence-corrected chi connectivity index (χ2v) is 5.10. The Kier molecular flexibility index (Phi) is 3.20. The van der Waals surface area contributed by atoms with Crippen LogP contribution in [0.4, 0.5) is 0 Å². The van der Waals surface area contributed by atoms with Gasteiger partial charge in [0, 0.05) is 9.90 Å². The van der Waals surface area contributed by atoms with Crippen LogP contribution >= 0.6 is 0 Å². The molecule has 0 amide bonds. The van der Waals surface area contributed by atoms with Crippen LogP contribution in [0.5, 0.6) is 0 Å². The summed E-state index contributed by atoms with van der Waals surface area (Å²) >= 11 is 5.12. The predicted molar refractivity (Wildman–Crippen MR) is 78.0 cm³/mol. The van der Waals surface area contributed by atoms with E-state index in [0.717, 1.165) is 11.4 Å². The third-order valence-corrected chi connectivity index (χ3v) is 3.17. The Balaban J connectivity index is 2.18. The van der Waals surface area contributed by atoms with Crippen LogP contribution in [-0.4, -0.2) is 15.0 Å². The molecule has 0 spiro atoms. The fourth-order valence-corrected chi connectivity index (χ4v) is 2.26. The van der Waals surface area contributed by atoms with E-state index >= 15 is 0 Å². The van der Waals surface area contributed by atoms with E-state index in [-0.39, 0.29) is 0 Å². The molecule has 0 aliphatic rings. The van der Waals surface area contributed by atoms with Gasteiger partial charge in [-0.3, -0.25) is 0 Å². The molecular weight excluding hydrogens is 268 g/mol. The van der Waals surface area contributed by atoms with E-state index in [2.05, 4.69) is 22.3 Å². The van der Waals surface area contributed by atoms with Crippen LogP contribution in [0.3, 0.4) is 0 Å². The van der Waals surface area contributed by atoms with Gasteiger partial charge in [-0.25, -0.2) is 0 Å². The SMILES string of the molecule is Cc1cccc(-n2nc([S-])n[n+]2-c2cccc(C)c2)c1. The van der Waals surface area contributed by atoms with Crippen molar-refractivity contribution in [2.75, 3.05) is 0 Å². The predicted octanol–water partition coefficient (Wildman–Crippen LogP) is 2.07. The summed E-state index contributed by atoms with van der Waals surface area (Å²) in [7, 11) is 0. The van der Waals surface area contributed by atoms with Crippen molar-refractivity contribution in [1.82, 2.24) is 15.0 Å². The minimum absolute atomic E-state index is 0.327. The number of aryl methyl sites for hydroxylation is 2. The molecule has 2 aromatic carbocycles. The van der Waals surface area contributed by atoms with Gasteiger partial charge in [-0.15, -0.1) is 0 Å². The van der Waals surface area contributed by atoms with E-state index in [0.29, 0.717) is 5.16 Å². The first-order valence-corrected chi connectivity index (χ1v) is 6.75. The van der Waals surface area contributed by atoms with Crippen molar-refractivity contribution in [1.29, 1.82) is 0 Å². The number of benzene rings is 2. The van der Waals surface area contributed by atoms with Gasteiger partial charge in [0.1, 0.15) is 5.69 Å². The van der Waals surface area contributed by atoms with Gasteiger partial charge in [-0.1, -0.05) is 24.3 Å². The molecule has 0 radical (unpaired) electrons. The van der Waals surface area contributed by atoms with E-state index < -0.39 is 0 Å². The molecule has 0 bridgehead atoms. The Bertz CT molecular complexity index is 701. The molecule has 0 saturated carbocycles. The number of hydrogen-bond acceptors (Lipinski definition) is 3. The number of rotatable bonds is 2. The first-order chi connectivity index (χ1) is 9.63. The van der Waals surface area contributed by atoms with E-state index in [1.807, 2.05) is 50.2 Å². The quantitative estimate of drug-likeness (QED) is 0.533. The molecule has 0 aliphatic carbocycles. The van der Waals surface area contributed by atoms with Crippen LogP contribution < -0.4 is 4.80 Å². The molecule has 0 saturated heterocycles. The molecule has 1 aromatic heterocycles. The van der Waals surface area contributed by atoms with Crippen LogP contribution in [0.25, 0.3) is 11.4 Å². The molecule has 0 aliphatic heterocycles. The minimum Gasteiger partial charge on any atom is -0.706 e. The van der Waals surface area contributed by atoms with Crippen LogP contribution in [0, 0.1) is 13.8 Å². The maximum atomic E-state index is 5.12. The van der Waals surface area contributed by atoms with E-state index in [9.17, 15) is 0 Å². The third kappa shape index (κ3) is 2.40. The fraction of sp³-hybridized carbons (Fsp3) is 0.133. The molecule has 3 rings (SSSR count). The Morgan fingerprint density at radius 3 is 2.40 bits per heavy atom. The highest BCUT2D eigenvalue weighted by Crippen LogP contribution is 2.09. The lowest BCUT2D eigenvalue weighted by Gasteiger charge is -2.01. The largest absolute Gasteiger partial charge is 0.706 e. The van der Waals surface area contributed by atoms with Gasteiger partial charge >= 0.3 is 0 Å². The Hall–Kier alpha value is -2.27. The summed E-state index contributed by atoms with van der Waals surface area (Å²) in [5, 5.41) is 8.95. The highest BCUT2D eigenvalue weighted by Gasteiger charge is 2.16. The van der Waals surface area contributed by atoms with Gasteiger partial charge in [-0.05, 0) is 59.1 Å². The average molecular weight is 282 g/mol. The molecule has 3 aromatic rings. The second kappa shape index (κ2) is 5.02. The summed E-state index contributed by atoms with van der Waals surface area (Å²) in [6, 6.07) is 16.2. The Labute approximate surface area is 123 Å². The molecule has 0 N–H and O–H groups in total. The summed E-state index contributed by atoms with van der Waals surface area (Å²) in [4.78, 5) is 3.45. The fourth-order valence-electron chi connectivity index (χ4n) is 2.11. The zero-order valence-electron chi connectivity index (χ0n) is 11.3. The molecule has 100 valence electrons. The average Bonchev–Trinajstić information content (AvgIpc) is 2.81. The molecule has 4 nitrogen and oxygen atoms in total. The van der Waals surface area contributed by atoms with Crippen molar-refractivity contribution in [3.63, 3.8) is 0 Å². The van der Waals surface area contributed by atoms with Crippen molar-refractivity contribution < 1.29 is 4.80 Å². The molecule has 20 heavy (non-hydrogen) atoms. The van der Waals surface area contributed by atoms with Gasteiger partial charge in [0.15, 0.2) is 10.8 Å². The van der Waals surface area contributed by atoms with E-state index in [1.54, 1.807) is 9.59 Å². The molecule has 0 fully saturated rings. The Morgan fingerprint density at radius 1 is 1.00 bits per heavy atom. The normalized spacial score (nSPS) is 10.7. The highest BCUT2D eigenvalue weighted by atomic mass is 32.1. The first kappa shape index (κ1) is 12.7. The van der Waals surface area contributed by atoms with Gasteiger partial charge in [0.2, 0.25) is 0 Å². The number of nitrogens with zero attached hydrogens (tertiary/aromatic N) is 4. The van der Waals surface area contributed by atoms with Crippen molar-refractivity contribution in [2.24, 2.45) is 0 Å². The lowest BCUT2D eigenvalue weighted by molar-refractivity contribution is -0.736. The van der Waals surface area contributed by atoms with Gasteiger partial charge < -0.3 is 12.6 Å². The molecule has 5 heteroatoms. The van der Waals surface area contributed by atoms with Crippen molar-refractivity contribution >= 4 is 12.6 Å². The maximum Gasteiger partial charge on any atom is 0.195 e. The summed E-state index contributed by atoms with van der Waals surface area (Å²) in [5.74, 6) is 0. The standard InChI is InChI=1S/C15H14N4S/c1-11-5-3-7-13(9-11)18-16-15(20)17-19(18)14-8-4-6-12(2)10-14/h3-10H,1-2H3. The molecule has 0 unspecified atom stereocenters. The van der Waals surface area contributed by atoms with Crippen LogP contribution in [0.2, 0.25) is 0 Å². The summed E-state index contributed by atoms with van der Waals surface area (Å²) in [6.07, 6.45) is 0. The zero-order valence-corrected chi connectivity index (χ0v) is 12.1. The van der Waals surface area contributed by atoms with Crippen LogP contribution in [0.1, 0.15) is 11.1 Å². The van der Waals surface area contributed by atoms with Crippen LogP contribution in [0.15, 0.2) is 53.7 Å². The second-order valence-electron chi connectivity index (χ2n) is 4.74. The van der Waals surface area contributed by atoms with Gasteiger partial charge in [0.25, 0.3) is 0 Å². The van der Waals surface area contributed by atoms with Gasteiger partial charge in [-0.2, -0.15) is 0 Å². The summed E-state index contributed by atoms with van der Waals surface area (Å²) in [5.41, 5.74) is 4.21. The monoisotopic (exact) mass is 282 g/mol. The number of hydrogen-bond donors (Lipinski definition) is 0. The van der Waals surface area contributed by atoms with Crippen LogP contribution in [-0.2, 0) is 12.6 Å². The molecule has 0 atom stereocenters. The third-order valence-electron chi connectivity index (χ3n) is 3.01. The smallest absolute Gasteiger partial charge is 0.195 e. The van der Waals surface area contributed by atoms with E-state index in [1.165, 1.54) is 11.1 Å². The Morgan fingerprint density at radius 2 is 1.70 bits per heavy atom. The lowest BCUT2D eigenvalue weighted by atomic mass is 10.2. The summed E-state index contributed by atoms with van der Waals surface area (Å²) < 4.78 is 0. The molecular formula is C15H14N4S. The minimum atomic E-state index is 0.327. The lowest BCUT2D eigenvalue weighted by Crippen LogP contribution is -2.43. The highest BCUT2D eigenvalue weighted by molar-refractivity contribution is 7.58.